The Morgan fingerprint density at radius 1 is 1.31 bits per heavy atom. The minimum atomic E-state index is -4.48. The Hall–Kier alpha value is -2.36. The summed E-state index contributed by atoms with van der Waals surface area (Å²) in [6.45, 7) is 0.866. The highest BCUT2D eigenvalue weighted by atomic mass is 32.1. The second-order valence-electron chi connectivity index (χ2n) is 6.25. The molecular formula is C16H16F3N3O3S. The zero-order chi connectivity index (χ0) is 18.9. The highest BCUT2D eigenvalue weighted by Gasteiger charge is 2.44. The number of rotatable bonds is 2. The molecule has 0 aromatic heterocycles. The minimum Gasteiger partial charge on any atom is -0.477 e. The van der Waals surface area contributed by atoms with Gasteiger partial charge in [-0.25, -0.2) is 4.79 Å². The van der Waals surface area contributed by atoms with E-state index in [1.807, 2.05) is 0 Å². The van der Waals surface area contributed by atoms with Gasteiger partial charge in [0.1, 0.15) is 5.60 Å². The summed E-state index contributed by atoms with van der Waals surface area (Å²) in [4.78, 5) is 18.1. The van der Waals surface area contributed by atoms with Crippen LogP contribution in [0, 0.1) is 0 Å². The van der Waals surface area contributed by atoms with Gasteiger partial charge < -0.3 is 20.2 Å². The van der Waals surface area contributed by atoms with E-state index >= 15 is 0 Å². The van der Waals surface area contributed by atoms with Gasteiger partial charge in [0.15, 0.2) is 10.8 Å². The summed E-state index contributed by atoms with van der Waals surface area (Å²) in [6.07, 6.45) is -3.30. The van der Waals surface area contributed by atoms with Gasteiger partial charge in [-0.3, -0.25) is 0 Å². The first-order valence-electron chi connectivity index (χ1n) is 7.91. The van der Waals surface area contributed by atoms with Crippen LogP contribution in [0.25, 0.3) is 0 Å². The number of nitrogens with one attached hydrogen (secondary N) is 1. The third-order valence-electron chi connectivity index (χ3n) is 4.52. The fourth-order valence-corrected chi connectivity index (χ4v) is 3.35. The molecule has 0 amide bonds. The Balaban J connectivity index is 1.61. The molecule has 1 aromatic rings. The molecule has 0 bridgehead atoms. The number of carboxylic acids is 1. The Bertz CT molecular complexity index is 759. The van der Waals surface area contributed by atoms with Crippen LogP contribution in [0.1, 0.15) is 24.8 Å². The summed E-state index contributed by atoms with van der Waals surface area (Å²) < 4.78 is 39.2. The topological polar surface area (TPSA) is 74.2 Å². The normalized spacial score (nSPS) is 19.0. The minimum absolute atomic E-state index is 0.0155. The number of carboxylic acid groups (broad SMARTS) is 1. The summed E-state index contributed by atoms with van der Waals surface area (Å²) >= 11 is 5.25. The quantitative estimate of drug-likeness (QED) is 0.760. The van der Waals surface area contributed by atoms with Crippen LogP contribution in [0.3, 0.4) is 0 Å². The summed E-state index contributed by atoms with van der Waals surface area (Å²) in [5, 5.41) is 15.4. The van der Waals surface area contributed by atoms with Gasteiger partial charge in [0.2, 0.25) is 0 Å². The summed E-state index contributed by atoms with van der Waals surface area (Å²) in [6, 6.07) is 5.14. The lowest BCUT2D eigenvalue weighted by Crippen LogP contribution is -2.48. The van der Waals surface area contributed by atoms with Crippen molar-refractivity contribution >= 4 is 34.7 Å². The molecule has 6 nitrogen and oxygen atoms in total. The largest absolute Gasteiger partial charge is 0.477 e. The number of oxime groups is 1. The van der Waals surface area contributed by atoms with E-state index in [9.17, 15) is 18.0 Å². The summed E-state index contributed by atoms with van der Waals surface area (Å²) in [5.74, 6) is -1.11. The first-order valence-corrected chi connectivity index (χ1v) is 8.31. The van der Waals surface area contributed by atoms with Gasteiger partial charge in [0, 0.05) is 32.4 Å². The van der Waals surface area contributed by atoms with Crippen LogP contribution in [-0.2, 0) is 15.8 Å². The second kappa shape index (κ2) is 6.75. The van der Waals surface area contributed by atoms with E-state index < -0.39 is 23.3 Å². The molecule has 10 heteroatoms. The van der Waals surface area contributed by atoms with Crippen LogP contribution in [0.2, 0.25) is 0 Å². The second-order valence-corrected chi connectivity index (χ2v) is 6.64. The lowest BCUT2D eigenvalue weighted by molar-refractivity contribution is -0.137. The first-order chi connectivity index (χ1) is 12.2. The Labute approximate surface area is 152 Å². The van der Waals surface area contributed by atoms with Gasteiger partial charge in [-0.2, -0.15) is 13.2 Å². The molecular weight excluding hydrogens is 371 g/mol. The molecule has 1 fully saturated rings. The number of piperidine rings is 1. The van der Waals surface area contributed by atoms with E-state index in [1.165, 1.54) is 18.2 Å². The number of nitrogens with zero attached hydrogens (tertiary/aromatic N) is 2. The van der Waals surface area contributed by atoms with Crippen molar-refractivity contribution in [3.8, 4) is 0 Å². The number of likely N-dealkylation sites (tertiary alicyclic amines) is 1. The molecule has 140 valence electrons. The van der Waals surface area contributed by atoms with Gasteiger partial charge in [-0.15, -0.1) is 0 Å². The van der Waals surface area contributed by atoms with Crippen molar-refractivity contribution < 1.29 is 27.9 Å². The lowest BCUT2D eigenvalue weighted by atomic mass is 9.87. The Kier molecular flexibility index (Phi) is 4.78. The number of benzene rings is 1. The fraction of sp³-hybridized carbons (Fsp3) is 0.438. The van der Waals surface area contributed by atoms with Gasteiger partial charge in [0.25, 0.3) is 0 Å². The molecule has 1 spiro atoms. The average molecular weight is 387 g/mol. The van der Waals surface area contributed by atoms with Gasteiger partial charge in [-0.05, 0) is 24.4 Å². The molecule has 1 saturated heterocycles. The van der Waals surface area contributed by atoms with E-state index in [1.54, 1.807) is 4.90 Å². The number of halogens is 3. The lowest BCUT2D eigenvalue weighted by Gasteiger charge is -2.38. The molecule has 0 saturated carbocycles. The maximum Gasteiger partial charge on any atom is 0.418 e. The van der Waals surface area contributed by atoms with Crippen molar-refractivity contribution in [2.24, 2.45) is 5.16 Å². The van der Waals surface area contributed by atoms with Gasteiger partial charge in [-0.1, -0.05) is 17.3 Å². The van der Waals surface area contributed by atoms with Crippen molar-refractivity contribution in [3.63, 3.8) is 0 Å². The van der Waals surface area contributed by atoms with Crippen LogP contribution in [0.5, 0.6) is 0 Å². The molecule has 2 N–H and O–H groups in total. The van der Waals surface area contributed by atoms with E-state index in [0.717, 1.165) is 6.07 Å². The van der Waals surface area contributed by atoms with Crippen molar-refractivity contribution in [1.82, 2.24) is 4.90 Å². The monoisotopic (exact) mass is 387 g/mol. The molecule has 3 rings (SSSR count). The maximum atomic E-state index is 13.1. The van der Waals surface area contributed by atoms with Crippen molar-refractivity contribution in [2.45, 2.75) is 31.0 Å². The van der Waals surface area contributed by atoms with Crippen molar-refractivity contribution in [1.29, 1.82) is 0 Å². The Morgan fingerprint density at radius 2 is 1.96 bits per heavy atom. The third-order valence-corrected chi connectivity index (χ3v) is 4.88. The maximum absolute atomic E-state index is 13.1. The van der Waals surface area contributed by atoms with Crippen LogP contribution >= 0.6 is 12.2 Å². The highest BCUT2D eigenvalue weighted by molar-refractivity contribution is 7.80. The zero-order valence-corrected chi connectivity index (χ0v) is 14.4. The van der Waals surface area contributed by atoms with E-state index in [4.69, 9.17) is 22.2 Å². The van der Waals surface area contributed by atoms with Crippen molar-refractivity contribution in [2.75, 3.05) is 18.4 Å². The molecule has 0 unspecified atom stereocenters. The van der Waals surface area contributed by atoms with Crippen LogP contribution in [0.15, 0.2) is 29.4 Å². The SMILES string of the molecule is O=C(O)C1=NOC2(CCN(C(=S)Nc3ccccc3C(F)(F)F)CC2)C1. The predicted molar refractivity (Wildman–Crippen MR) is 92.0 cm³/mol. The predicted octanol–water partition coefficient (Wildman–Crippen LogP) is 3.10. The van der Waals surface area contributed by atoms with E-state index in [0.29, 0.717) is 25.9 Å². The van der Waals surface area contributed by atoms with Crippen LogP contribution < -0.4 is 5.32 Å². The van der Waals surface area contributed by atoms with Gasteiger partial charge in [0.05, 0.1) is 11.3 Å². The van der Waals surface area contributed by atoms with E-state index in [-0.39, 0.29) is 22.9 Å². The van der Waals surface area contributed by atoms with Crippen LogP contribution in [0.4, 0.5) is 18.9 Å². The number of alkyl halides is 3. The molecule has 2 aliphatic heterocycles. The average Bonchev–Trinajstić information content (AvgIpc) is 2.99. The molecule has 2 heterocycles. The molecule has 0 atom stereocenters. The smallest absolute Gasteiger partial charge is 0.418 e. The standard InChI is InChI=1S/C16H16F3N3O3S/c17-16(18,19)10-3-1-2-4-11(10)20-14(26)22-7-5-15(6-8-22)9-12(13(23)24)21-25-15/h1-4H,5-9H2,(H,20,26)(H,23,24). The number of hydrogen-bond acceptors (Lipinski definition) is 4. The van der Waals surface area contributed by atoms with Crippen LogP contribution in [-0.4, -0.2) is 45.5 Å². The molecule has 0 radical (unpaired) electrons. The summed E-state index contributed by atoms with van der Waals surface area (Å²) in [7, 11) is 0. The first kappa shape index (κ1) is 18.4. The molecule has 1 aromatic carbocycles. The number of thiocarbonyl (C=S) groups is 1. The number of hydrogen-bond donors (Lipinski definition) is 2. The van der Waals surface area contributed by atoms with Crippen molar-refractivity contribution in [3.05, 3.63) is 29.8 Å². The number of anilines is 1. The Morgan fingerprint density at radius 3 is 2.54 bits per heavy atom. The van der Waals surface area contributed by atoms with Gasteiger partial charge >= 0.3 is 12.1 Å². The number of para-hydroxylation sites is 1. The highest BCUT2D eigenvalue weighted by Crippen LogP contribution is 2.36. The number of carbonyl (C=O) groups is 1. The van der Waals surface area contributed by atoms with E-state index in [2.05, 4.69) is 10.5 Å². The summed E-state index contributed by atoms with van der Waals surface area (Å²) in [5.41, 5.74) is -1.56. The molecule has 2 aliphatic rings. The third kappa shape index (κ3) is 3.74. The zero-order valence-electron chi connectivity index (χ0n) is 13.5. The number of aliphatic carboxylic acids is 1. The fourth-order valence-electron chi connectivity index (χ4n) is 3.06. The molecule has 0 aliphatic carbocycles. The molecule has 26 heavy (non-hydrogen) atoms.